The Bertz CT molecular complexity index is 749. The van der Waals surface area contributed by atoms with Gasteiger partial charge < -0.3 is 9.73 Å². The van der Waals surface area contributed by atoms with Crippen molar-refractivity contribution in [1.29, 1.82) is 0 Å². The minimum Gasteiger partial charge on any atom is -0.444 e. The maximum Gasteiger partial charge on any atom is 0.226 e. The van der Waals surface area contributed by atoms with Gasteiger partial charge in [-0.25, -0.2) is 9.37 Å². The Morgan fingerprint density at radius 1 is 1.26 bits per heavy atom. The molecule has 3 rings (SSSR count). The van der Waals surface area contributed by atoms with Crippen molar-refractivity contribution in [1.82, 2.24) is 15.2 Å². The van der Waals surface area contributed by atoms with Crippen molar-refractivity contribution < 1.29 is 13.6 Å². The van der Waals surface area contributed by atoms with Gasteiger partial charge in [0.05, 0.1) is 5.69 Å². The second-order valence-electron chi connectivity index (χ2n) is 7.74. The Balaban J connectivity index is 1.49. The van der Waals surface area contributed by atoms with Crippen LogP contribution in [0.3, 0.4) is 0 Å². The molecule has 1 unspecified atom stereocenters. The van der Waals surface area contributed by atoms with E-state index in [2.05, 4.69) is 36.0 Å². The lowest BCUT2D eigenvalue weighted by atomic mass is 9.94. The van der Waals surface area contributed by atoms with Gasteiger partial charge in [0, 0.05) is 24.1 Å². The van der Waals surface area contributed by atoms with Crippen LogP contribution in [0.1, 0.15) is 39.3 Å². The fourth-order valence-electron chi connectivity index (χ4n) is 3.20. The van der Waals surface area contributed by atoms with Crippen LogP contribution >= 0.6 is 0 Å². The average molecular weight is 373 g/mol. The molecule has 1 amide bonds. The number of aromatic nitrogens is 1. The predicted molar refractivity (Wildman–Crippen MR) is 102 cm³/mol. The van der Waals surface area contributed by atoms with Gasteiger partial charge in [-0.2, -0.15) is 0 Å². The van der Waals surface area contributed by atoms with Crippen LogP contribution in [0.2, 0.25) is 0 Å². The molecular weight excluding hydrogens is 345 g/mol. The van der Waals surface area contributed by atoms with Gasteiger partial charge in [-0.05, 0) is 63.0 Å². The molecule has 2 heterocycles. The number of carbonyl (C=O) groups excluding carboxylic acids is 1. The summed E-state index contributed by atoms with van der Waals surface area (Å²) in [5.74, 6) is 0.934. The third-order valence-corrected chi connectivity index (χ3v) is 5.36. The number of benzene rings is 1. The van der Waals surface area contributed by atoms with E-state index < -0.39 is 0 Å². The largest absolute Gasteiger partial charge is 0.444 e. The normalized spacial score (nSPS) is 17.2. The summed E-state index contributed by atoms with van der Waals surface area (Å²) in [5, 5.41) is 3.13. The zero-order chi connectivity index (χ0) is 19.4. The molecule has 1 fully saturated rings. The fraction of sp³-hybridized carbons (Fsp3) is 0.524. The highest BCUT2D eigenvalue weighted by Crippen LogP contribution is 2.22. The standard InChI is InChI=1S/C21H28FN3O2/c1-14(2)15(3)23-20(26)16-8-10-25(11-9-16)12-19-13-27-21(24-19)17-4-6-18(22)7-5-17/h4-7,13-16H,8-12H2,1-3H3,(H,23,26). The van der Waals surface area contributed by atoms with E-state index in [1.165, 1.54) is 12.1 Å². The minimum atomic E-state index is -0.278. The van der Waals surface area contributed by atoms with Gasteiger partial charge in [0.1, 0.15) is 12.1 Å². The predicted octanol–water partition coefficient (Wildman–Crippen LogP) is 3.85. The summed E-state index contributed by atoms with van der Waals surface area (Å²) in [6, 6.07) is 6.32. The number of rotatable bonds is 6. The topological polar surface area (TPSA) is 58.4 Å². The third-order valence-electron chi connectivity index (χ3n) is 5.36. The molecule has 5 nitrogen and oxygen atoms in total. The van der Waals surface area contributed by atoms with E-state index in [0.717, 1.165) is 37.2 Å². The van der Waals surface area contributed by atoms with Crippen LogP contribution in [0.4, 0.5) is 4.39 Å². The minimum absolute atomic E-state index is 0.0922. The van der Waals surface area contributed by atoms with Crippen LogP contribution in [0.25, 0.3) is 11.5 Å². The summed E-state index contributed by atoms with van der Waals surface area (Å²) in [6.07, 6.45) is 3.38. The van der Waals surface area contributed by atoms with E-state index in [1.807, 2.05) is 0 Å². The molecule has 1 N–H and O–H groups in total. The lowest BCUT2D eigenvalue weighted by Crippen LogP contribution is -2.44. The highest BCUT2D eigenvalue weighted by atomic mass is 19.1. The molecule has 6 heteroatoms. The Morgan fingerprint density at radius 2 is 1.93 bits per heavy atom. The van der Waals surface area contributed by atoms with Crippen LogP contribution in [-0.2, 0) is 11.3 Å². The first-order valence-electron chi connectivity index (χ1n) is 9.65. The Kier molecular flexibility index (Phi) is 6.26. The van der Waals surface area contributed by atoms with Gasteiger partial charge >= 0.3 is 0 Å². The van der Waals surface area contributed by atoms with Crippen molar-refractivity contribution in [2.75, 3.05) is 13.1 Å². The quantitative estimate of drug-likeness (QED) is 0.835. The molecule has 0 radical (unpaired) electrons. The van der Waals surface area contributed by atoms with E-state index in [0.29, 0.717) is 18.4 Å². The van der Waals surface area contributed by atoms with Crippen LogP contribution < -0.4 is 5.32 Å². The summed E-state index contributed by atoms with van der Waals surface area (Å²) >= 11 is 0. The van der Waals surface area contributed by atoms with Crippen LogP contribution in [0, 0.1) is 17.7 Å². The maximum atomic E-state index is 13.0. The van der Waals surface area contributed by atoms with Gasteiger partial charge in [0.25, 0.3) is 0 Å². The Labute approximate surface area is 160 Å². The van der Waals surface area contributed by atoms with E-state index in [-0.39, 0.29) is 23.7 Å². The number of nitrogens with one attached hydrogen (secondary N) is 1. The molecule has 0 saturated carbocycles. The number of likely N-dealkylation sites (tertiary alicyclic amines) is 1. The monoisotopic (exact) mass is 373 g/mol. The van der Waals surface area contributed by atoms with Crippen molar-refractivity contribution in [3.8, 4) is 11.5 Å². The second kappa shape index (κ2) is 8.65. The molecule has 0 aliphatic carbocycles. The van der Waals surface area contributed by atoms with Crippen LogP contribution in [0.15, 0.2) is 34.9 Å². The van der Waals surface area contributed by atoms with Crippen molar-refractivity contribution >= 4 is 5.91 Å². The SMILES string of the molecule is CC(C)C(C)NC(=O)C1CCN(Cc2coc(-c3ccc(F)cc3)n2)CC1. The molecule has 1 aliphatic rings. The number of hydrogen-bond acceptors (Lipinski definition) is 4. The summed E-state index contributed by atoms with van der Waals surface area (Å²) in [4.78, 5) is 19.2. The van der Waals surface area contributed by atoms with Crippen LogP contribution in [-0.4, -0.2) is 34.9 Å². The number of carbonyl (C=O) groups is 1. The number of piperidine rings is 1. The summed E-state index contributed by atoms with van der Waals surface area (Å²) < 4.78 is 18.6. The molecule has 2 aromatic rings. The van der Waals surface area contributed by atoms with Gasteiger partial charge in [-0.1, -0.05) is 13.8 Å². The summed E-state index contributed by atoms with van der Waals surface area (Å²) in [6.45, 7) is 8.72. The van der Waals surface area contributed by atoms with E-state index in [9.17, 15) is 9.18 Å². The summed E-state index contributed by atoms with van der Waals surface area (Å²) in [7, 11) is 0. The zero-order valence-corrected chi connectivity index (χ0v) is 16.2. The van der Waals surface area contributed by atoms with Crippen molar-refractivity contribution in [3.05, 3.63) is 42.0 Å². The molecule has 146 valence electrons. The van der Waals surface area contributed by atoms with Crippen molar-refractivity contribution in [3.63, 3.8) is 0 Å². The third kappa shape index (κ3) is 5.16. The van der Waals surface area contributed by atoms with Gasteiger partial charge in [0.15, 0.2) is 0 Å². The van der Waals surface area contributed by atoms with E-state index >= 15 is 0 Å². The molecule has 0 spiro atoms. The highest BCUT2D eigenvalue weighted by molar-refractivity contribution is 5.79. The maximum absolute atomic E-state index is 13.0. The number of oxazole rings is 1. The summed E-state index contributed by atoms with van der Waals surface area (Å²) in [5.41, 5.74) is 1.61. The van der Waals surface area contributed by atoms with Gasteiger partial charge in [0.2, 0.25) is 11.8 Å². The second-order valence-corrected chi connectivity index (χ2v) is 7.74. The van der Waals surface area contributed by atoms with E-state index in [1.54, 1.807) is 18.4 Å². The zero-order valence-electron chi connectivity index (χ0n) is 16.2. The first-order chi connectivity index (χ1) is 12.9. The molecule has 1 aromatic carbocycles. The molecule has 1 atom stereocenters. The number of halogens is 1. The number of amides is 1. The Hall–Kier alpha value is -2.21. The number of nitrogens with zero attached hydrogens (tertiary/aromatic N) is 2. The average Bonchev–Trinajstić information content (AvgIpc) is 3.11. The Morgan fingerprint density at radius 3 is 2.56 bits per heavy atom. The lowest BCUT2D eigenvalue weighted by Gasteiger charge is -2.31. The molecule has 0 bridgehead atoms. The van der Waals surface area contributed by atoms with Crippen molar-refractivity contribution in [2.45, 2.75) is 46.2 Å². The first-order valence-corrected chi connectivity index (χ1v) is 9.65. The lowest BCUT2D eigenvalue weighted by molar-refractivity contribution is -0.127. The van der Waals surface area contributed by atoms with Crippen LogP contribution in [0.5, 0.6) is 0 Å². The van der Waals surface area contributed by atoms with Crippen molar-refractivity contribution in [2.24, 2.45) is 11.8 Å². The fourth-order valence-corrected chi connectivity index (χ4v) is 3.20. The highest BCUT2D eigenvalue weighted by Gasteiger charge is 2.26. The van der Waals surface area contributed by atoms with Gasteiger partial charge in [-0.3, -0.25) is 9.69 Å². The molecule has 1 aromatic heterocycles. The molecule has 27 heavy (non-hydrogen) atoms. The van der Waals surface area contributed by atoms with Gasteiger partial charge in [-0.15, -0.1) is 0 Å². The van der Waals surface area contributed by atoms with E-state index in [4.69, 9.17) is 4.42 Å². The molecular formula is C21H28FN3O2. The molecule has 1 saturated heterocycles. The molecule has 1 aliphatic heterocycles. The smallest absolute Gasteiger partial charge is 0.226 e. The first kappa shape index (κ1) is 19.5. The number of hydrogen-bond donors (Lipinski definition) is 1.